The summed E-state index contributed by atoms with van der Waals surface area (Å²) in [5.41, 5.74) is 2.67. The number of rotatable bonds is 7. The number of nitrogens with one attached hydrogen (secondary N) is 1. The number of amides is 1. The maximum absolute atomic E-state index is 12.2. The third kappa shape index (κ3) is 6.15. The van der Waals surface area contributed by atoms with Crippen LogP contribution in [0, 0.1) is 13.8 Å². The van der Waals surface area contributed by atoms with Crippen LogP contribution in [0.1, 0.15) is 36.8 Å². The molecule has 2 atom stereocenters. The van der Waals surface area contributed by atoms with Crippen molar-refractivity contribution in [1.82, 2.24) is 15.3 Å². The highest BCUT2D eigenvalue weighted by molar-refractivity contribution is 7.99. The number of carbonyl (C=O) groups excluding carboxylic acids is 2. The van der Waals surface area contributed by atoms with Gasteiger partial charge >= 0.3 is 5.97 Å². The smallest absolute Gasteiger partial charge is 0.317 e. The normalized spacial score (nSPS) is 12.9. The summed E-state index contributed by atoms with van der Waals surface area (Å²) in [5.74, 6) is -0.760. The number of aromatic nitrogens is 2. The first-order chi connectivity index (χ1) is 12.3. The van der Waals surface area contributed by atoms with Gasteiger partial charge in [-0.25, -0.2) is 9.97 Å². The van der Waals surface area contributed by atoms with Crippen LogP contribution in [0.3, 0.4) is 0 Å². The van der Waals surface area contributed by atoms with Crippen LogP contribution >= 0.6 is 11.8 Å². The molecule has 6 nitrogen and oxygen atoms in total. The highest BCUT2D eigenvalue weighted by Gasteiger charge is 2.20. The second-order valence-electron chi connectivity index (χ2n) is 6.00. The molecule has 26 heavy (non-hydrogen) atoms. The zero-order valence-electron chi connectivity index (χ0n) is 15.4. The summed E-state index contributed by atoms with van der Waals surface area (Å²) in [4.78, 5) is 32.7. The number of aryl methyl sites for hydroxylation is 2. The molecule has 1 aromatic carbocycles. The van der Waals surface area contributed by atoms with Crippen molar-refractivity contribution in [1.29, 1.82) is 0 Å². The van der Waals surface area contributed by atoms with Crippen molar-refractivity contribution in [2.45, 2.75) is 45.0 Å². The van der Waals surface area contributed by atoms with Gasteiger partial charge < -0.3 is 10.1 Å². The van der Waals surface area contributed by atoms with Crippen molar-refractivity contribution in [2.24, 2.45) is 0 Å². The fourth-order valence-corrected chi connectivity index (χ4v) is 3.05. The average Bonchev–Trinajstić information content (AvgIpc) is 2.59. The lowest BCUT2D eigenvalue weighted by atomic mass is 10.1. The number of esters is 1. The minimum absolute atomic E-state index is 0.0503. The third-order valence-electron chi connectivity index (χ3n) is 3.62. The van der Waals surface area contributed by atoms with Crippen molar-refractivity contribution in [3.8, 4) is 0 Å². The monoisotopic (exact) mass is 373 g/mol. The molecule has 0 aliphatic rings. The lowest BCUT2D eigenvalue weighted by molar-refractivity contribution is -0.152. The van der Waals surface area contributed by atoms with E-state index in [1.807, 2.05) is 57.2 Å². The molecule has 2 unspecified atom stereocenters. The van der Waals surface area contributed by atoms with Crippen molar-refractivity contribution in [3.63, 3.8) is 0 Å². The van der Waals surface area contributed by atoms with E-state index in [2.05, 4.69) is 15.3 Å². The molecule has 0 spiro atoms. The Hall–Kier alpha value is -2.41. The van der Waals surface area contributed by atoms with Gasteiger partial charge in [-0.1, -0.05) is 42.1 Å². The van der Waals surface area contributed by atoms with E-state index in [0.29, 0.717) is 5.16 Å². The molecular weight excluding hydrogens is 350 g/mol. The second kappa shape index (κ2) is 9.33. The van der Waals surface area contributed by atoms with E-state index >= 15 is 0 Å². The molecule has 2 aromatic rings. The van der Waals surface area contributed by atoms with Crippen LogP contribution in [0.5, 0.6) is 0 Å². The largest absolute Gasteiger partial charge is 0.452 e. The first-order valence-corrected chi connectivity index (χ1v) is 9.33. The molecular formula is C19H23N3O3S. The minimum atomic E-state index is -0.866. The van der Waals surface area contributed by atoms with Gasteiger partial charge in [-0.2, -0.15) is 0 Å². The van der Waals surface area contributed by atoms with E-state index in [9.17, 15) is 9.59 Å². The predicted molar refractivity (Wildman–Crippen MR) is 101 cm³/mol. The van der Waals surface area contributed by atoms with Crippen molar-refractivity contribution >= 4 is 23.6 Å². The van der Waals surface area contributed by atoms with Crippen LogP contribution < -0.4 is 5.32 Å². The summed E-state index contributed by atoms with van der Waals surface area (Å²) < 4.78 is 5.20. The van der Waals surface area contributed by atoms with Crippen LogP contribution in [-0.2, 0) is 14.3 Å². The van der Waals surface area contributed by atoms with E-state index in [-0.39, 0.29) is 17.7 Å². The Bertz CT molecular complexity index is 748. The third-order valence-corrected chi connectivity index (χ3v) is 4.44. The standard InChI is InChI=1S/C19H23N3O3S/c1-12-10-13(2)21-19(20-12)26-11-17(23)25-15(4)18(24)22-14(3)16-8-6-5-7-9-16/h5-10,14-15H,11H2,1-4H3,(H,22,24). The second-order valence-corrected chi connectivity index (χ2v) is 6.94. The van der Waals surface area contributed by atoms with Gasteiger partial charge in [-0.15, -0.1) is 0 Å². The van der Waals surface area contributed by atoms with Crippen LogP contribution in [0.25, 0.3) is 0 Å². The van der Waals surface area contributed by atoms with Gasteiger partial charge in [-0.05, 0) is 39.3 Å². The first-order valence-electron chi connectivity index (χ1n) is 8.35. The molecule has 0 bridgehead atoms. The van der Waals surface area contributed by atoms with Gasteiger partial charge in [0.15, 0.2) is 11.3 Å². The van der Waals surface area contributed by atoms with Gasteiger partial charge in [-0.3, -0.25) is 9.59 Å². The molecule has 0 radical (unpaired) electrons. The Morgan fingerprint density at radius 2 is 1.73 bits per heavy atom. The van der Waals surface area contributed by atoms with Gasteiger partial charge in [0.05, 0.1) is 11.8 Å². The van der Waals surface area contributed by atoms with Crippen LogP contribution in [0.2, 0.25) is 0 Å². The predicted octanol–water partition coefficient (Wildman–Crippen LogP) is 2.99. The first kappa shape index (κ1) is 19.9. The zero-order valence-corrected chi connectivity index (χ0v) is 16.2. The topological polar surface area (TPSA) is 81.2 Å². The molecule has 1 N–H and O–H groups in total. The lowest BCUT2D eigenvalue weighted by Crippen LogP contribution is -2.37. The van der Waals surface area contributed by atoms with Crippen LogP contribution in [0.4, 0.5) is 0 Å². The van der Waals surface area contributed by atoms with E-state index < -0.39 is 12.1 Å². The van der Waals surface area contributed by atoms with E-state index in [0.717, 1.165) is 17.0 Å². The number of benzene rings is 1. The minimum Gasteiger partial charge on any atom is -0.452 e. The van der Waals surface area contributed by atoms with Crippen LogP contribution in [0.15, 0.2) is 41.6 Å². The lowest BCUT2D eigenvalue weighted by Gasteiger charge is -2.18. The highest BCUT2D eigenvalue weighted by Crippen LogP contribution is 2.15. The van der Waals surface area contributed by atoms with Crippen molar-refractivity contribution in [3.05, 3.63) is 53.3 Å². The molecule has 0 saturated carbocycles. The molecule has 0 aliphatic heterocycles. The SMILES string of the molecule is Cc1cc(C)nc(SCC(=O)OC(C)C(=O)NC(C)c2ccccc2)n1. The molecule has 138 valence electrons. The Morgan fingerprint density at radius 3 is 2.35 bits per heavy atom. The molecule has 1 aromatic heterocycles. The molecule has 1 amide bonds. The number of carbonyl (C=O) groups is 2. The summed E-state index contributed by atoms with van der Waals surface area (Å²) in [7, 11) is 0. The Labute approximate surface area is 157 Å². The summed E-state index contributed by atoms with van der Waals surface area (Å²) in [6.07, 6.45) is -0.866. The summed E-state index contributed by atoms with van der Waals surface area (Å²) in [6, 6.07) is 11.3. The maximum Gasteiger partial charge on any atom is 0.317 e. The number of ether oxygens (including phenoxy) is 1. The summed E-state index contributed by atoms with van der Waals surface area (Å²) in [6.45, 7) is 7.19. The van der Waals surface area contributed by atoms with Gasteiger partial charge in [0, 0.05) is 11.4 Å². The van der Waals surface area contributed by atoms with Gasteiger partial charge in [0.25, 0.3) is 5.91 Å². The van der Waals surface area contributed by atoms with E-state index in [1.54, 1.807) is 6.92 Å². The fourth-order valence-electron chi connectivity index (χ4n) is 2.32. The fraction of sp³-hybridized carbons (Fsp3) is 0.368. The Morgan fingerprint density at radius 1 is 1.12 bits per heavy atom. The van der Waals surface area contributed by atoms with E-state index in [1.165, 1.54) is 11.8 Å². The molecule has 0 saturated heterocycles. The van der Waals surface area contributed by atoms with Gasteiger partial charge in [0.1, 0.15) is 0 Å². The zero-order chi connectivity index (χ0) is 19.1. The molecule has 7 heteroatoms. The van der Waals surface area contributed by atoms with Gasteiger partial charge in [0.2, 0.25) is 0 Å². The number of hydrogen-bond donors (Lipinski definition) is 1. The average molecular weight is 373 g/mol. The maximum atomic E-state index is 12.2. The van der Waals surface area contributed by atoms with Crippen LogP contribution in [-0.4, -0.2) is 33.7 Å². The molecule has 0 fully saturated rings. The number of hydrogen-bond acceptors (Lipinski definition) is 6. The van der Waals surface area contributed by atoms with Crippen molar-refractivity contribution in [2.75, 3.05) is 5.75 Å². The Kier molecular flexibility index (Phi) is 7.15. The summed E-state index contributed by atoms with van der Waals surface area (Å²) >= 11 is 1.19. The highest BCUT2D eigenvalue weighted by atomic mass is 32.2. The molecule has 0 aliphatic carbocycles. The van der Waals surface area contributed by atoms with Crippen molar-refractivity contribution < 1.29 is 14.3 Å². The number of thioether (sulfide) groups is 1. The molecule has 2 rings (SSSR count). The summed E-state index contributed by atoms with van der Waals surface area (Å²) in [5, 5.41) is 3.36. The quantitative estimate of drug-likeness (QED) is 0.456. The Balaban J connectivity index is 1.81. The molecule has 1 heterocycles. The van der Waals surface area contributed by atoms with E-state index in [4.69, 9.17) is 4.74 Å². The number of nitrogens with zero attached hydrogens (tertiary/aromatic N) is 2.